The third kappa shape index (κ3) is 3.52. The number of hydrogen-bond donors (Lipinski definition) is 1. The number of methoxy groups -OCH3 is 2. The van der Waals surface area contributed by atoms with Crippen LogP contribution in [0.1, 0.15) is 18.5 Å². The van der Waals surface area contributed by atoms with Crippen molar-refractivity contribution < 1.29 is 14.3 Å². The van der Waals surface area contributed by atoms with Crippen LogP contribution in [0, 0.1) is 12.8 Å². The number of anilines is 1. The average Bonchev–Trinajstić information content (AvgIpc) is 3.31. The molecule has 140 valence electrons. The van der Waals surface area contributed by atoms with E-state index >= 15 is 0 Å². The van der Waals surface area contributed by atoms with Gasteiger partial charge in [-0.2, -0.15) is 9.78 Å². The Labute approximate surface area is 161 Å². The highest BCUT2D eigenvalue weighted by atomic mass is 32.1. The summed E-state index contributed by atoms with van der Waals surface area (Å²) in [6.45, 7) is 1.89. The Kier molecular flexibility index (Phi) is 4.57. The second-order valence-electron chi connectivity index (χ2n) is 6.43. The largest absolute Gasteiger partial charge is 0.493 e. The van der Waals surface area contributed by atoms with Gasteiger partial charge in [0.15, 0.2) is 11.5 Å². The zero-order chi connectivity index (χ0) is 19.0. The summed E-state index contributed by atoms with van der Waals surface area (Å²) in [6, 6.07) is 7.54. The highest BCUT2D eigenvalue weighted by Crippen LogP contribution is 2.34. The molecule has 0 unspecified atom stereocenters. The van der Waals surface area contributed by atoms with Crippen molar-refractivity contribution in [3.63, 3.8) is 0 Å². The molecule has 4 rings (SSSR count). The number of hydrogen-bond acceptors (Lipinski definition) is 6. The van der Waals surface area contributed by atoms with Crippen molar-refractivity contribution in [3.05, 3.63) is 35.3 Å². The van der Waals surface area contributed by atoms with Gasteiger partial charge in [0.1, 0.15) is 5.82 Å². The van der Waals surface area contributed by atoms with Gasteiger partial charge in [-0.25, -0.2) is 4.98 Å². The minimum Gasteiger partial charge on any atom is -0.493 e. The second kappa shape index (κ2) is 7.03. The molecule has 0 aliphatic heterocycles. The third-order valence-corrected chi connectivity index (χ3v) is 5.20. The average molecular weight is 384 g/mol. The van der Waals surface area contributed by atoms with E-state index in [1.165, 1.54) is 11.3 Å². The molecule has 1 aromatic carbocycles. The van der Waals surface area contributed by atoms with E-state index in [-0.39, 0.29) is 11.8 Å². The highest BCUT2D eigenvalue weighted by Gasteiger charge is 2.30. The van der Waals surface area contributed by atoms with Crippen LogP contribution in [0.5, 0.6) is 11.5 Å². The molecule has 7 nitrogen and oxygen atoms in total. The van der Waals surface area contributed by atoms with Crippen LogP contribution in [0.25, 0.3) is 16.4 Å². The molecule has 1 amide bonds. The number of carbonyl (C=O) groups excluding carboxylic acids is 1. The van der Waals surface area contributed by atoms with E-state index in [1.54, 1.807) is 18.9 Å². The van der Waals surface area contributed by atoms with Gasteiger partial charge in [0.2, 0.25) is 11.0 Å². The quantitative estimate of drug-likeness (QED) is 0.702. The van der Waals surface area contributed by atoms with Crippen LogP contribution in [-0.2, 0) is 4.79 Å². The molecule has 2 aromatic heterocycles. The van der Waals surface area contributed by atoms with Gasteiger partial charge in [-0.05, 0) is 38.0 Å². The van der Waals surface area contributed by atoms with Crippen LogP contribution >= 0.6 is 11.3 Å². The van der Waals surface area contributed by atoms with Crippen LogP contribution < -0.4 is 14.8 Å². The molecule has 0 saturated heterocycles. The van der Waals surface area contributed by atoms with Gasteiger partial charge in [-0.3, -0.25) is 4.79 Å². The van der Waals surface area contributed by atoms with E-state index in [2.05, 4.69) is 10.4 Å². The maximum atomic E-state index is 12.1. The first-order valence-corrected chi connectivity index (χ1v) is 9.53. The highest BCUT2D eigenvalue weighted by molar-refractivity contribution is 7.12. The number of aromatic nitrogens is 3. The first kappa shape index (κ1) is 17.5. The van der Waals surface area contributed by atoms with E-state index in [4.69, 9.17) is 14.5 Å². The minimum absolute atomic E-state index is 0.0489. The molecule has 0 bridgehead atoms. The molecule has 1 saturated carbocycles. The minimum atomic E-state index is 0.0489. The lowest BCUT2D eigenvalue weighted by molar-refractivity contribution is -0.117. The number of nitrogens with zero attached hydrogens (tertiary/aromatic N) is 3. The summed E-state index contributed by atoms with van der Waals surface area (Å²) in [5, 5.41) is 10.1. The van der Waals surface area contributed by atoms with Crippen LogP contribution in [0.2, 0.25) is 0 Å². The lowest BCUT2D eigenvalue weighted by atomic mass is 10.1. The Morgan fingerprint density at radius 2 is 2.00 bits per heavy atom. The fourth-order valence-electron chi connectivity index (χ4n) is 2.80. The number of benzene rings is 1. The predicted octanol–water partition coefficient (Wildman–Crippen LogP) is 3.67. The Hall–Kier alpha value is -2.87. The number of nitrogens with one attached hydrogen (secondary N) is 1. The van der Waals surface area contributed by atoms with Crippen molar-refractivity contribution in [1.82, 2.24) is 14.8 Å². The Morgan fingerprint density at radius 1 is 1.22 bits per heavy atom. The molecule has 1 fully saturated rings. The van der Waals surface area contributed by atoms with Gasteiger partial charge >= 0.3 is 0 Å². The monoisotopic (exact) mass is 384 g/mol. The number of amides is 1. The smallest absolute Gasteiger partial charge is 0.228 e. The summed E-state index contributed by atoms with van der Waals surface area (Å²) >= 11 is 1.47. The first-order chi connectivity index (χ1) is 13.1. The van der Waals surface area contributed by atoms with Crippen molar-refractivity contribution in [2.24, 2.45) is 5.92 Å². The maximum Gasteiger partial charge on any atom is 0.228 e. The van der Waals surface area contributed by atoms with Crippen molar-refractivity contribution in [3.8, 4) is 27.9 Å². The van der Waals surface area contributed by atoms with Gasteiger partial charge in [0.25, 0.3) is 0 Å². The summed E-state index contributed by atoms with van der Waals surface area (Å²) < 4.78 is 12.3. The molecule has 2 heterocycles. The van der Waals surface area contributed by atoms with Gasteiger partial charge < -0.3 is 14.8 Å². The normalized spacial score (nSPS) is 13.4. The predicted molar refractivity (Wildman–Crippen MR) is 104 cm³/mol. The fraction of sp³-hybridized carbons (Fsp3) is 0.316. The standard InChI is InChI=1S/C19H20N4O3S/c1-11-8-17(21-18(24)12-4-5-12)23(22-11)19-20-14(10-27-19)13-6-7-15(25-2)16(9-13)26-3/h6-10,12H,4-5H2,1-3H3,(H,21,24). The van der Waals surface area contributed by atoms with Crippen LogP contribution in [0.3, 0.4) is 0 Å². The number of rotatable bonds is 6. The molecule has 27 heavy (non-hydrogen) atoms. The maximum absolute atomic E-state index is 12.1. The first-order valence-electron chi connectivity index (χ1n) is 8.65. The fourth-order valence-corrected chi connectivity index (χ4v) is 3.59. The molecule has 0 atom stereocenters. The lowest BCUT2D eigenvalue weighted by Gasteiger charge is -2.08. The zero-order valence-electron chi connectivity index (χ0n) is 15.4. The topological polar surface area (TPSA) is 78.3 Å². The number of aryl methyl sites for hydroxylation is 1. The Morgan fingerprint density at radius 3 is 2.70 bits per heavy atom. The van der Waals surface area contributed by atoms with Crippen LogP contribution in [0.4, 0.5) is 5.82 Å². The second-order valence-corrected chi connectivity index (χ2v) is 7.27. The van der Waals surface area contributed by atoms with Gasteiger partial charge in [0, 0.05) is 22.9 Å². The summed E-state index contributed by atoms with van der Waals surface area (Å²) in [5.41, 5.74) is 2.55. The van der Waals surface area contributed by atoms with E-state index in [0.717, 1.165) is 29.8 Å². The van der Waals surface area contributed by atoms with Crippen molar-refractivity contribution in [1.29, 1.82) is 0 Å². The molecule has 1 N–H and O–H groups in total. The third-order valence-electron chi connectivity index (χ3n) is 4.38. The molecule has 1 aliphatic carbocycles. The molecule has 0 spiro atoms. The molecule has 1 aliphatic rings. The van der Waals surface area contributed by atoms with E-state index < -0.39 is 0 Å². The summed E-state index contributed by atoms with van der Waals surface area (Å²) in [7, 11) is 3.21. The van der Waals surface area contributed by atoms with Crippen molar-refractivity contribution in [2.45, 2.75) is 19.8 Å². The van der Waals surface area contributed by atoms with Crippen LogP contribution in [0.15, 0.2) is 29.6 Å². The van der Waals surface area contributed by atoms with Crippen LogP contribution in [-0.4, -0.2) is 34.9 Å². The molecular formula is C19H20N4O3S. The molecule has 3 aromatic rings. The van der Waals surface area contributed by atoms with E-state index in [1.807, 2.05) is 36.6 Å². The van der Waals surface area contributed by atoms with Gasteiger partial charge in [-0.15, -0.1) is 11.3 Å². The Bertz CT molecular complexity index is 991. The van der Waals surface area contributed by atoms with Gasteiger partial charge in [0.05, 0.1) is 25.6 Å². The molecule has 8 heteroatoms. The molecular weight excluding hydrogens is 364 g/mol. The van der Waals surface area contributed by atoms with E-state index in [0.29, 0.717) is 22.4 Å². The summed E-state index contributed by atoms with van der Waals surface area (Å²) in [5.74, 6) is 2.15. The number of ether oxygens (including phenoxy) is 2. The summed E-state index contributed by atoms with van der Waals surface area (Å²) in [6.07, 6.45) is 1.92. The number of carbonyl (C=O) groups is 1. The summed E-state index contributed by atoms with van der Waals surface area (Å²) in [4.78, 5) is 16.8. The van der Waals surface area contributed by atoms with Crippen molar-refractivity contribution in [2.75, 3.05) is 19.5 Å². The number of thiazole rings is 1. The van der Waals surface area contributed by atoms with E-state index in [9.17, 15) is 4.79 Å². The SMILES string of the molecule is COc1ccc(-c2csc(-n3nc(C)cc3NC(=O)C3CC3)n2)cc1OC. The zero-order valence-corrected chi connectivity index (χ0v) is 16.2. The lowest BCUT2D eigenvalue weighted by Crippen LogP contribution is -2.16. The van der Waals surface area contributed by atoms with Crippen molar-refractivity contribution >= 4 is 23.1 Å². The van der Waals surface area contributed by atoms with Gasteiger partial charge in [-0.1, -0.05) is 0 Å². The Balaban J connectivity index is 1.64. The molecule has 0 radical (unpaired) electrons.